The zero-order valence-corrected chi connectivity index (χ0v) is 18.3. The summed E-state index contributed by atoms with van der Waals surface area (Å²) in [6.07, 6.45) is 21.3. The van der Waals surface area contributed by atoms with E-state index in [1.165, 1.54) is 102 Å². The van der Waals surface area contributed by atoms with Gasteiger partial charge in [-0.25, -0.2) is 0 Å². The first kappa shape index (κ1) is 25.3. The van der Waals surface area contributed by atoms with Crippen LogP contribution in [-0.4, -0.2) is 35.9 Å². The predicted molar refractivity (Wildman–Crippen MR) is 115 cm³/mol. The number of methoxy groups -OCH3 is 1. The second-order valence-electron chi connectivity index (χ2n) is 7.81. The molecule has 1 N–H and O–H groups in total. The van der Waals surface area contributed by atoms with E-state index in [9.17, 15) is 5.11 Å². The van der Waals surface area contributed by atoms with Crippen LogP contribution in [0.25, 0.3) is 0 Å². The molecule has 0 aliphatic heterocycles. The van der Waals surface area contributed by atoms with Gasteiger partial charge in [0.2, 0.25) is 0 Å². The third-order valence-corrected chi connectivity index (χ3v) is 6.52. The van der Waals surface area contributed by atoms with Crippen LogP contribution in [0.15, 0.2) is 0 Å². The minimum atomic E-state index is -0.361. The van der Waals surface area contributed by atoms with Crippen LogP contribution in [-0.2, 0) is 4.74 Å². The Bertz CT molecular complexity index is 254. The van der Waals surface area contributed by atoms with E-state index in [1.807, 2.05) is 18.7 Å². The van der Waals surface area contributed by atoms with Gasteiger partial charge in [0.25, 0.3) is 0 Å². The van der Waals surface area contributed by atoms with E-state index in [-0.39, 0.29) is 12.2 Å². The molecule has 0 amide bonds. The van der Waals surface area contributed by atoms with Gasteiger partial charge >= 0.3 is 0 Å². The molecule has 0 aromatic carbocycles. The molecule has 0 aliphatic carbocycles. The highest BCUT2D eigenvalue weighted by Crippen LogP contribution is 2.18. The van der Waals surface area contributed by atoms with Crippen molar-refractivity contribution >= 4 is 11.8 Å². The summed E-state index contributed by atoms with van der Waals surface area (Å²) in [4.78, 5) is 0. The van der Waals surface area contributed by atoms with Crippen molar-refractivity contribution in [2.24, 2.45) is 0 Å². The Kier molecular flexibility index (Phi) is 19.2. The summed E-state index contributed by atoms with van der Waals surface area (Å²) < 4.78 is 5.35. The lowest BCUT2D eigenvalue weighted by Gasteiger charge is -2.24. The van der Waals surface area contributed by atoms with Gasteiger partial charge in [-0.2, -0.15) is 11.8 Å². The smallest absolute Gasteiger partial charge is 0.0970 e. The van der Waals surface area contributed by atoms with Crippen LogP contribution in [0.5, 0.6) is 0 Å². The largest absolute Gasteiger partial charge is 0.393 e. The van der Waals surface area contributed by atoms with E-state index in [0.29, 0.717) is 0 Å². The third kappa shape index (κ3) is 17.4. The first-order chi connectivity index (χ1) is 12.2. The fourth-order valence-electron chi connectivity index (χ4n) is 3.03. The van der Waals surface area contributed by atoms with Crippen molar-refractivity contribution < 1.29 is 9.84 Å². The van der Waals surface area contributed by atoms with Crippen LogP contribution in [0.1, 0.15) is 110 Å². The normalized spacial score (nSPS) is 13.9. The molecule has 0 aromatic rings. The Hall–Kier alpha value is 0.270. The maximum absolute atomic E-state index is 9.28. The molecule has 0 aliphatic rings. The second kappa shape index (κ2) is 19.0. The summed E-state index contributed by atoms with van der Waals surface area (Å²) in [7, 11) is 1.68. The van der Waals surface area contributed by atoms with Crippen molar-refractivity contribution in [1.82, 2.24) is 0 Å². The molecule has 0 saturated carbocycles. The van der Waals surface area contributed by atoms with E-state index in [2.05, 4.69) is 6.92 Å². The minimum absolute atomic E-state index is 0.107. The minimum Gasteiger partial charge on any atom is -0.393 e. The highest BCUT2D eigenvalue weighted by atomic mass is 32.2. The predicted octanol–water partition coefficient (Wildman–Crippen LogP) is 6.99. The summed E-state index contributed by atoms with van der Waals surface area (Å²) in [5.74, 6) is 2.08. The average molecular weight is 375 g/mol. The first-order valence-corrected chi connectivity index (χ1v) is 12.1. The second-order valence-corrected chi connectivity index (χ2v) is 8.92. The SMILES string of the molecule is CCCCCCCCCCCCCCCCCSCC(C)(CO)OC. The van der Waals surface area contributed by atoms with E-state index >= 15 is 0 Å². The van der Waals surface area contributed by atoms with Gasteiger partial charge in [-0.3, -0.25) is 0 Å². The van der Waals surface area contributed by atoms with Gasteiger partial charge in [0.05, 0.1) is 12.2 Å². The van der Waals surface area contributed by atoms with Crippen LogP contribution in [0, 0.1) is 0 Å². The van der Waals surface area contributed by atoms with Crippen LogP contribution < -0.4 is 0 Å². The molecule has 0 heterocycles. The fourth-order valence-corrected chi connectivity index (χ4v) is 4.23. The lowest BCUT2D eigenvalue weighted by Crippen LogP contribution is -2.34. The Morgan fingerprint density at radius 2 is 1.12 bits per heavy atom. The molecule has 0 bridgehead atoms. The quantitative estimate of drug-likeness (QED) is 0.233. The van der Waals surface area contributed by atoms with Gasteiger partial charge in [0.1, 0.15) is 0 Å². The molecule has 0 radical (unpaired) electrons. The number of hydrogen-bond donors (Lipinski definition) is 1. The fraction of sp³-hybridized carbons (Fsp3) is 1.00. The number of ether oxygens (including phenoxy) is 1. The number of aliphatic hydroxyl groups is 1. The lowest BCUT2D eigenvalue weighted by molar-refractivity contribution is -0.0187. The maximum Gasteiger partial charge on any atom is 0.0970 e. The van der Waals surface area contributed by atoms with Crippen LogP contribution in [0.4, 0.5) is 0 Å². The standard InChI is InChI=1S/C22H46O2S/c1-4-5-6-7-8-9-10-11-12-13-14-15-16-17-18-19-25-21-22(2,20-23)24-3/h23H,4-21H2,1-3H3. The number of rotatable bonds is 20. The van der Waals surface area contributed by atoms with E-state index < -0.39 is 0 Å². The van der Waals surface area contributed by atoms with Crippen LogP contribution in [0.2, 0.25) is 0 Å². The highest BCUT2D eigenvalue weighted by Gasteiger charge is 2.21. The molecule has 0 fully saturated rings. The zero-order valence-electron chi connectivity index (χ0n) is 17.5. The van der Waals surface area contributed by atoms with Gasteiger partial charge in [0, 0.05) is 12.9 Å². The number of thioether (sulfide) groups is 1. The molecule has 25 heavy (non-hydrogen) atoms. The highest BCUT2D eigenvalue weighted by molar-refractivity contribution is 7.99. The number of hydrogen-bond acceptors (Lipinski definition) is 3. The van der Waals surface area contributed by atoms with E-state index in [4.69, 9.17) is 4.74 Å². The van der Waals surface area contributed by atoms with Crippen molar-refractivity contribution in [3.8, 4) is 0 Å². The van der Waals surface area contributed by atoms with Gasteiger partial charge in [-0.1, -0.05) is 96.8 Å². The zero-order chi connectivity index (χ0) is 18.6. The van der Waals surface area contributed by atoms with E-state index in [1.54, 1.807) is 7.11 Å². The van der Waals surface area contributed by atoms with E-state index in [0.717, 1.165) is 5.75 Å². The van der Waals surface area contributed by atoms with Crippen molar-refractivity contribution in [1.29, 1.82) is 0 Å². The van der Waals surface area contributed by atoms with Crippen molar-refractivity contribution in [3.63, 3.8) is 0 Å². The number of aliphatic hydroxyl groups excluding tert-OH is 1. The van der Waals surface area contributed by atoms with Crippen LogP contribution >= 0.6 is 11.8 Å². The Balaban J connectivity index is 3.12. The molecule has 0 rings (SSSR count). The monoisotopic (exact) mass is 374 g/mol. The lowest BCUT2D eigenvalue weighted by atomic mass is 10.0. The molecule has 0 aromatic heterocycles. The van der Waals surface area contributed by atoms with Gasteiger partial charge < -0.3 is 9.84 Å². The third-order valence-electron chi connectivity index (χ3n) is 5.13. The summed E-state index contributed by atoms with van der Waals surface area (Å²) in [5, 5.41) is 9.28. The summed E-state index contributed by atoms with van der Waals surface area (Å²) >= 11 is 1.91. The van der Waals surface area contributed by atoms with Gasteiger partial charge in [-0.05, 0) is 19.1 Å². The average Bonchev–Trinajstić information content (AvgIpc) is 2.64. The molecule has 152 valence electrons. The van der Waals surface area contributed by atoms with Crippen molar-refractivity contribution in [3.05, 3.63) is 0 Å². The molecule has 1 unspecified atom stereocenters. The maximum atomic E-state index is 9.28. The first-order valence-electron chi connectivity index (χ1n) is 10.9. The Labute approximate surface area is 162 Å². The molecule has 0 saturated heterocycles. The molecule has 2 nitrogen and oxygen atoms in total. The number of unbranched alkanes of at least 4 members (excludes halogenated alkanes) is 14. The summed E-state index contributed by atoms with van der Waals surface area (Å²) in [5.41, 5.74) is -0.361. The molecule has 3 heteroatoms. The molecular weight excluding hydrogens is 328 g/mol. The molecule has 1 atom stereocenters. The van der Waals surface area contributed by atoms with Crippen molar-refractivity contribution in [2.75, 3.05) is 25.2 Å². The molecule has 0 spiro atoms. The molecular formula is C22H46O2S. The Morgan fingerprint density at radius 3 is 1.48 bits per heavy atom. The summed E-state index contributed by atoms with van der Waals surface area (Å²) in [6, 6.07) is 0. The van der Waals surface area contributed by atoms with Crippen molar-refractivity contribution in [2.45, 2.75) is 116 Å². The topological polar surface area (TPSA) is 29.5 Å². The summed E-state index contributed by atoms with van der Waals surface area (Å²) in [6.45, 7) is 4.37. The Morgan fingerprint density at radius 1 is 0.720 bits per heavy atom. The van der Waals surface area contributed by atoms with Crippen LogP contribution in [0.3, 0.4) is 0 Å². The van der Waals surface area contributed by atoms with Gasteiger partial charge in [0.15, 0.2) is 0 Å². The van der Waals surface area contributed by atoms with Gasteiger partial charge in [-0.15, -0.1) is 0 Å².